The monoisotopic (exact) mass is 357 g/mol. The maximum Gasteiger partial charge on any atom is 0.239 e. The molecule has 6 heteroatoms. The van der Waals surface area contributed by atoms with Crippen molar-refractivity contribution in [3.05, 3.63) is 0 Å². The molecule has 0 bridgehead atoms. The van der Waals surface area contributed by atoms with E-state index in [0.29, 0.717) is 12.0 Å². The molecule has 24 heavy (non-hydrogen) atoms. The van der Waals surface area contributed by atoms with Crippen LogP contribution in [0, 0.1) is 11.8 Å². The molecular formula is C18H32ClN3O2. The van der Waals surface area contributed by atoms with Gasteiger partial charge in [0.2, 0.25) is 11.8 Å². The molecule has 0 radical (unpaired) electrons. The smallest absolute Gasteiger partial charge is 0.239 e. The van der Waals surface area contributed by atoms with Crippen LogP contribution in [0.2, 0.25) is 0 Å². The molecule has 1 saturated carbocycles. The number of hydrogen-bond donors (Lipinski definition) is 2. The van der Waals surface area contributed by atoms with Gasteiger partial charge in [0.25, 0.3) is 0 Å². The van der Waals surface area contributed by atoms with Gasteiger partial charge < -0.3 is 15.5 Å². The van der Waals surface area contributed by atoms with E-state index in [1.165, 1.54) is 25.7 Å². The predicted octanol–water partition coefficient (Wildman–Crippen LogP) is 2.09. The number of amides is 2. The van der Waals surface area contributed by atoms with Crippen LogP contribution in [0.25, 0.3) is 0 Å². The number of halogens is 1. The van der Waals surface area contributed by atoms with Gasteiger partial charge in [0.1, 0.15) is 0 Å². The number of hydrogen-bond acceptors (Lipinski definition) is 3. The number of nitrogens with zero attached hydrogens (tertiary/aromatic N) is 1. The first-order valence-electron chi connectivity index (χ1n) is 9.51. The SMILES string of the molecule is CCCNC(=O)C1CCN(C(=O)C2CC3CCCCC3N2)CC1.Cl. The third-order valence-corrected chi connectivity index (χ3v) is 5.89. The summed E-state index contributed by atoms with van der Waals surface area (Å²) in [6, 6.07) is 0.587. The van der Waals surface area contributed by atoms with E-state index in [1.807, 2.05) is 4.90 Å². The topological polar surface area (TPSA) is 61.4 Å². The van der Waals surface area contributed by atoms with E-state index in [-0.39, 0.29) is 36.2 Å². The molecule has 3 rings (SSSR count). The molecule has 1 aliphatic carbocycles. The van der Waals surface area contributed by atoms with Crippen LogP contribution in [0.5, 0.6) is 0 Å². The van der Waals surface area contributed by atoms with Gasteiger partial charge in [0.15, 0.2) is 0 Å². The summed E-state index contributed by atoms with van der Waals surface area (Å²) in [5.74, 6) is 1.23. The van der Waals surface area contributed by atoms with Crippen LogP contribution in [0.3, 0.4) is 0 Å². The van der Waals surface area contributed by atoms with Gasteiger partial charge in [-0.2, -0.15) is 0 Å². The Kier molecular flexibility index (Phi) is 7.35. The summed E-state index contributed by atoms with van der Waals surface area (Å²) in [6.45, 7) is 4.29. The summed E-state index contributed by atoms with van der Waals surface area (Å²) < 4.78 is 0. The Morgan fingerprint density at radius 3 is 2.50 bits per heavy atom. The largest absolute Gasteiger partial charge is 0.356 e. The Morgan fingerprint density at radius 1 is 1.12 bits per heavy atom. The van der Waals surface area contributed by atoms with Gasteiger partial charge in [-0.05, 0) is 44.4 Å². The fourth-order valence-corrected chi connectivity index (χ4v) is 4.49. The third-order valence-electron chi connectivity index (χ3n) is 5.89. The lowest BCUT2D eigenvalue weighted by atomic mass is 9.85. The quantitative estimate of drug-likeness (QED) is 0.810. The predicted molar refractivity (Wildman–Crippen MR) is 97.1 cm³/mol. The first-order chi connectivity index (χ1) is 11.2. The Balaban J connectivity index is 0.00000208. The zero-order valence-electron chi connectivity index (χ0n) is 14.8. The molecule has 0 aromatic heterocycles. The lowest BCUT2D eigenvalue weighted by Gasteiger charge is -2.33. The first-order valence-corrected chi connectivity index (χ1v) is 9.51. The minimum absolute atomic E-state index is 0. The summed E-state index contributed by atoms with van der Waals surface area (Å²) in [4.78, 5) is 26.8. The molecule has 5 nitrogen and oxygen atoms in total. The lowest BCUT2D eigenvalue weighted by Crippen LogP contribution is -2.49. The van der Waals surface area contributed by atoms with Gasteiger partial charge in [0.05, 0.1) is 6.04 Å². The van der Waals surface area contributed by atoms with E-state index in [9.17, 15) is 9.59 Å². The summed E-state index contributed by atoms with van der Waals surface area (Å²) in [7, 11) is 0. The van der Waals surface area contributed by atoms with Crippen molar-refractivity contribution in [2.75, 3.05) is 19.6 Å². The maximum atomic E-state index is 12.8. The zero-order valence-corrected chi connectivity index (χ0v) is 15.6. The Labute approximate surface area is 151 Å². The molecule has 3 unspecified atom stereocenters. The molecule has 2 heterocycles. The van der Waals surface area contributed by atoms with Gasteiger partial charge in [-0.15, -0.1) is 12.4 Å². The normalized spacial score (nSPS) is 30.4. The molecule has 3 fully saturated rings. The van der Waals surface area contributed by atoms with Crippen molar-refractivity contribution in [1.29, 1.82) is 0 Å². The maximum absolute atomic E-state index is 12.8. The molecule has 3 aliphatic rings. The van der Waals surface area contributed by atoms with Crippen LogP contribution >= 0.6 is 12.4 Å². The molecule has 2 amide bonds. The fraction of sp³-hybridized carbons (Fsp3) is 0.889. The molecule has 2 aliphatic heterocycles. The number of nitrogens with one attached hydrogen (secondary N) is 2. The Hall–Kier alpha value is -0.810. The van der Waals surface area contributed by atoms with E-state index in [2.05, 4.69) is 17.6 Å². The molecule has 0 aromatic carbocycles. The number of carbonyl (C=O) groups is 2. The van der Waals surface area contributed by atoms with E-state index < -0.39 is 0 Å². The van der Waals surface area contributed by atoms with Crippen LogP contribution in [-0.2, 0) is 9.59 Å². The number of carbonyl (C=O) groups excluding carboxylic acids is 2. The molecule has 2 saturated heterocycles. The fourth-order valence-electron chi connectivity index (χ4n) is 4.49. The van der Waals surface area contributed by atoms with Crippen molar-refractivity contribution in [2.45, 2.75) is 70.4 Å². The average molecular weight is 358 g/mol. The van der Waals surface area contributed by atoms with Crippen molar-refractivity contribution in [3.63, 3.8) is 0 Å². The number of piperidine rings is 1. The van der Waals surface area contributed by atoms with E-state index in [0.717, 1.165) is 45.3 Å². The summed E-state index contributed by atoms with van der Waals surface area (Å²) in [5, 5.41) is 6.56. The van der Waals surface area contributed by atoms with Crippen LogP contribution in [0.1, 0.15) is 58.3 Å². The number of rotatable bonds is 4. The molecule has 3 atom stereocenters. The highest BCUT2D eigenvalue weighted by Crippen LogP contribution is 2.34. The molecule has 2 N–H and O–H groups in total. The first kappa shape index (κ1) is 19.5. The molecule has 138 valence electrons. The molecular weight excluding hydrogens is 326 g/mol. The van der Waals surface area contributed by atoms with Crippen molar-refractivity contribution >= 4 is 24.2 Å². The van der Waals surface area contributed by atoms with Crippen LogP contribution in [-0.4, -0.2) is 48.4 Å². The van der Waals surface area contributed by atoms with Crippen molar-refractivity contribution in [3.8, 4) is 0 Å². The van der Waals surface area contributed by atoms with Gasteiger partial charge in [0, 0.05) is 31.6 Å². The minimum atomic E-state index is 0. The van der Waals surface area contributed by atoms with Gasteiger partial charge >= 0.3 is 0 Å². The van der Waals surface area contributed by atoms with Crippen molar-refractivity contribution < 1.29 is 9.59 Å². The van der Waals surface area contributed by atoms with Crippen molar-refractivity contribution in [1.82, 2.24) is 15.5 Å². The highest BCUT2D eigenvalue weighted by Gasteiger charge is 2.40. The number of fused-ring (bicyclic) bond motifs is 1. The van der Waals surface area contributed by atoms with Crippen LogP contribution < -0.4 is 10.6 Å². The molecule has 0 spiro atoms. The lowest BCUT2D eigenvalue weighted by molar-refractivity contribution is -0.137. The van der Waals surface area contributed by atoms with E-state index in [1.54, 1.807) is 0 Å². The summed E-state index contributed by atoms with van der Waals surface area (Å²) in [5.41, 5.74) is 0. The van der Waals surface area contributed by atoms with Gasteiger partial charge in [-0.25, -0.2) is 0 Å². The van der Waals surface area contributed by atoms with Crippen LogP contribution in [0.4, 0.5) is 0 Å². The number of likely N-dealkylation sites (tertiary alicyclic amines) is 1. The second kappa shape index (κ2) is 9.04. The standard InChI is InChI=1S/C18H31N3O2.ClH/c1-2-9-19-17(22)13-7-10-21(11-8-13)18(23)16-12-14-5-3-4-6-15(14)20-16;/h13-16,20H,2-12H2,1H3,(H,19,22);1H. The highest BCUT2D eigenvalue weighted by atomic mass is 35.5. The highest BCUT2D eigenvalue weighted by molar-refractivity contribution is 5.85. The van der Waals surface area contributed by atoms with Gasteiger partial charge in [-0.3, -0.25) is 9.59 Å². The van der Waals surface area contributed by atoms with Gasteiger partial charge in [-0.1, -0.05) is 19.8 Å². The second-order valence-electron chi connectivity index (χ2n) is 7.50. The minimum Gasteiger partial charge on any atom is -0.356 e. The zero-order chi connectivity index (χ0) is 16.2. The second-order valence-corrected chi connectivity index (χ2v) is 7.50. The van der Waals surface area contributed by atoms with E-state index >= 15 is 0 Å². The summed E-state index contributed by atoms with van der Waals surface area (Å²) in [6.07, 6.45) is 8.73. The Morgan fingerprint density at radius 2 is 1.83 bits per heavy atom. The average Bonchev–Trinajstić information content (AvgIpc) is 3.03. The summed E-state index contributed by atoms with van der Waals surface area (Å²) >= 11 is 0. The van der Waals surface area contributed by atoms with Crippen LogP contribution in [0.15, 0.2) is 0 Å². The Bertz CT molecular complexity index is 424. The third kappa shape index (κ3) is 4.42. The van der Waals surface area contributed by atoms with Crippen molar-refractivity contribution in [2.24, 2.45) is 11.8 Å². The van der Waals surface area contributed by atoms with E-state index in [4.69, 9.17) is 0 Å². The molecule has 0 aromatic rings.